The molecular weight excluding hydrogens is 409 g/mol. The molecule has 0 aliphatic heterocycles. The molecule has 0 aliphatic rings. The minimum atomic E-state index is -0.326. The summed E-state index contributed by atoms with van der Waals surface area (Å²) in [4.78, 5) is 0.234. The normalized spacial score (nSPS) is 10.3. The van der Waals surface area contributed by atoms with Crippen molar-refractivity contribution in [1.29, 1.82) is 0 Å². The lowest BCUT2D eigenvalue weighted by molar-refractivity contribution is 0.299. The van der Waals surface area contributed by atoms with Crippen LogP contribution in [-0.4, -0.2) is 4.99 Å². The number of benzene rings is 2. The third kappa shape index (κ3) is 3.77. The monoisotopic (exact) mass is 417 g/mol. The van der Waals surface area contributed by atoms with Crippen molar-refractivity contribution in [2.45, 2.75) is 6.61 Å². The Labute approximate surface area is 138 Å². The van der Waals surface area contributed by atoms with Crippen LogP contribution in [0.1, 0.15) is 11.1 Å². The molecule has 0 unspecified atom stereocenters. The van der Waals surface area contributed by atoms with Crippen LogP contribution >= 0.6 is 44.1 Å². The predicted octanol–water partition coefficient (Wildman–Crippen LogP) is 4.56. The maximum atomic E-state index is 13.7. The summed E-state index contributed by atoms with van der Waals surface area (Å²) in [5.74, 6) is 0.205. The Kier molecular flexibility index (Phi) is 5.12. The highest BCUT2D eigenvalue weighted by molar-refractivity contribution is 9.10. The zero-order valence-corrected chi connectivity index (χ0v) is 14.2. The molecule has 0 radical (unpaired) electrons. The van der Waals surface area contributed by atoms with Gasteiger partial charge in [-0.15, -0.1) is 0 Å². The highest BCUT2D eigenvalue weighted by Gasteiger charge is 2.09. The van der Waals surface area contributed by atoms with Gasteiger partial charge in [0.05, 0.1) is 5.56 Å². The van der Waals surface area contributed by atoms with E-state index in [2.05, 4.69) is 31.9 Å². The lowest BCUT2D eigenvalue weighted by Crippen LogP contribution is -2.12. The van der Waals surface area contributed by atoms with E-state index in [1.165, 1.54) is 6.07 Å². The SMILES string of the molecule is NC(=S)c1cc(Br)ccc1OCc1ccc(Br)cc1F. The first-order chi connectivity index (χ1) is 9.47. The fraction of sp³-hybridized carbons (Fsp3) is 0.0714. The van der Waals surface area contributed by atoms with Gasteiger partial charge < -0.3 is 10.5 Å². The second-order valence-corrected chi connectivity index (χ2v) is 6.30. The molecule has 0 atom stereocenters. The van der Waals surface area contributed by atoms with E-state index in [9.17, 15) is 4.39 Å². The molecule has 0 fully saturated rings. The zero-order valence-electron chi connectivity index (χ0n) is 10.2. The standard InChI is InChI=1S/C14H10Br2FNOS/c15-9-3-4-13(11(5-9)14(18)20)19-7-8-1-2-10(16)6-12(8)17/h1-6H,7H2,(H2,18,20). The molecule has 2 rings (SSSR count). The van der Waals surface area contributed by atoms with Crippen LogP contribution in [0.3, 0.4) is 0 Å². The number of thiocarbonyl (C=S) groups is 1. The van der Waals surface area contributed by atoms with Crippen molar-refractivity contribution >= 4 is 49.1 Å². The maximum Gasteiger partial charge on any atom is 0.130 e. The summed E-state index contributed by atoms with van der Waals surface area (Å²) < 4.78 is 20.9. The molecule has 0 spiro atoms. The van der Waals surface area contributed by atoms with Crippen LogP contribution < -0.4 is 10.5 Å². The highest BCUT2D eigenvalue weighted by atomic mass is 79.9. The predicted molar refractivity (Wildman–Crippen MR) is 88.5 cm³/mol. The maximum absolute atomic E-state index is 13.7. The summed E-state index contributed by atoms with van der Waals surface area (Å²) in [5, 5.41) is 0. The van der Waals surface area contributed by atoms with Crippen LogP contribution in [0.5, 0.6) is 5.75 Å². The largest absolute Gasteiger partial charge is 0.488 e. The lowest BCUT2D eigenvalue weighted by atomic mass is 10.2. The van der Waals surface area contributed by atoms with E-state index in [1.807, 2.05) is 6.07 Å². The third-order valence-electron chi connectivity index (χ3n) is 2.61. The van der Waals surface area contributed by atoms with E-state index in [4.69, 9.17) is 22.7 Å². The first-order valence-electron chi connectivity index (χ1n) is 5.63. The molecule has 104 valence electrons. The molecular formula is C14H10Br2FNOS. The zero-order chi connectivity index (χ0) is 14.7. The van der Waals surface area contributed by atoms with E-state index in [1.54, 1.807) is 24.3 Å². The average Bonchev–Trinajstić information content (AvgIpc) is 2.38. The van der Waals surface area contributed by atoms with Gasteiger partial charge in [0.15, 0.2) is 0 Å². The fourth-order valence-corrected chi connectivity index (χ4v) is 2.47. The summed E-state index contributed by atoms with van der Waals surface area (Å²) in [6.45, 7) is 0.107. The van der Waals surface area contributed by atoms with Gasteiger partial charge in [-0.25, -0.2) is 4.39 Å². The van der Waals surface area contributed by atoms with Crippen molar-refractivity contribution in [3.05, 3.63) is 62.3 Å². The molecule has 0 aromatic heterocycles. The molecule has 0 saturated heterocycles. The van der Waals surface area contributed by atoms with E-state index in [0.29, 0.717) is 21.3 Å². The summed E-state index contributed by atoms with van der Waals surface area (Å²) >= 11 is 11.5. The first-order valence-corrected chi connectivity index (χ1v) is 7.63. The minimum absolute atomic E-state index is 0.107. The van der Waals surface area contributed by atoms with Crippen LogP contribution in [0.2, 0.25) is 0 Å². The Bertz CT molecular complexity index is 664. The number of ether oxygens (including phenoxy) is 1. The van der Waals surface area contributed by atoms with Crippen molar-refractivity contribution in [1.82, 2.24) is 0 Å². The van der Waals surface area contributed by atoms with Crippen LogP contribution in [-0.2, 0) is 6.61 Å². The number of hydrogen-bond donors (Lipinski definition) is 1. The van der Waals surface area contributed by atoms with E-state index in [0.717, 1.165) is 4.47 Å². The van der Waals surface area contributed by atoms with Gasteiger partial charge in [-0.1, -0.05) is 50.1 Å². The fourth-order valence-electron chi connectivity index (χ4n) is 1.61. The summed E-state index contributed by atoms with van der Waals surface area (Å²) in [5.41, 5.74) is 6.73. The second-order valence-electron chi connectivity index (χ2n) is 4.03. The second kappa shape index (κ2) is 6.65. The van der Waals surface area contributed by atoms with Crippen LogP contribution in [0, 0.1) is 5.82 Å². The van der Waals surface area contributed by atoms with Crippen molar-refractivity contribution < 1.29 is 9.13 Å². The number of nitrogens with two attached hydrogens (primary N) is 1. The third-order valence-corrected chi connectivity index (χ3v) is 3.81. The number of halogens is 3. The Hall–Kier alpha value is -0.980. The molecule has 2 aromatic carbocycles. The van der Waals surface area contributed by atoms with Crippen LogP contribution in [0.15, 0.2) is 45.3 Å². The van der Waals surface area contributed by atoms with E-state index >= 15 is 0 Å². The van der Waals surface area contributed by atoms with Gasteiger partial charge >= 0.3 is 0 Å². The molecule has 2 N–H and O–H groups in total. The number of hydrogen-bond acceptors (Lipinski definition) is 2. The van der Waals surface area contributed by atoms with E-state index in [-0.39, 0.29) is 17.4 Å². The van der Waals surface area contributed by atoms with Gasteiger partial charge in [0.2, 0.25) is 0 Å². The molecule has 0 bridgehead atoms. The van der Waals surface area contributed by atoms with Gasteiger partial charge in [-0.3, -0.25) is 0 Å². The van der Waals surface area contributed by atoms with Crippen molar-refractivity contribution in [2.24, 2.45) is 5.73 Å². The molecule has 0 heterocycles. The molecule has 0 amide bonds. The Morgan fingerprint density at radius 2 is 1.80 bits per heavy atom. The smallest absolute Gasteiger partial charge is 0.130 e. The van der Waals surface area contributed by atoms with Crippen molar-refractivity contribution in [3.8, 4) is 5.75 Å². The molecule has 20 heavy (non-hydrogen) atoms. The minimum Gasteiger partial charge on any atom is -0.488 e. The van der Waals surface area contributed by atoms with E-state index < -0.39 is 0 Å². The first kappa shape index (κ1) is 15.4. The summed E-state index contributed by atoms with van der Waals surface area (Å²) in [6, 6.07) is 10.2. The van der Waals surface area contributed by atoms with Crippen molar-refractivity contribution in [2.75, 3.05) is 0 Å². The summed E-state index contributed by atoms with van der Waals surface area (Å²) in [6.07, 6.45) is 0. The highest BCUT2D eigenvalue weighted by Crippen LogP contribution is 2.25. The van der Waals surface area contributed by atoms with Gasteiger partial charge in [-0.2, -0.15) is 0 Å². The van der Waals surface area contributed by atoms with Crippen LogP contribution in [0.4, 0.5) is 4.39 Å². The van der Waals surface area contributed by atoms with Gasteiger partial charge in [-0.05, 0) is 30.3 Å². The topological polar surface area (TPSA) is 35.2 Å². The Morgan fingerprint density at radius 1 is 1.15 bits per heavy atom. The quantitative estimate of drug-likeness (QED) is 0.739. The molecule has 0 saturated carbocycles. The Morgan fingerprint density at radius 3 is 2.45 bits per heavy atom. The average molecular weight is 419 g/mol. The molecule has 6 heteroatoms. The Balaban J connectivity index is 2.20. The summed E-state index contributed by atoms with van der Waals surface area (Å²) in [7, 11) is 0. The lowest BCUT2D eigenvalue weighted by Gasteiger charge is -2.11. The van der Waals surface area contributed by atoms with Crippen molar-refractivity contribution in [3.63, 3.8) is 0 Å². The number of rotatable bonds is 4. The molecule has 2 aromatic rings. The van der Waals surface area contributed by atoms with Gasteiger partial charge in [0.25, 0.3) is 0 Å². The molecule has 2 nitrogen and oxygen atoms in total. The van der Waals surface area contributed by atoms with Gasteiger partial charge in [0, 0.05) is 14.5 Å². The molecule has 0 aliphatic carbocycles. The van der Waals surface area contributed by atoms with Gasteiger partial charge in [0.1, 0.15) is 23.2 Å². The van der Waals surface area contributed by atoms with Crippen LogP contribution in [0.25, 0.3) is 0 Å².